The fraction of sp³-hybridized carbons (Fsp3) is 0.286. The second-order valence-corrected chi connectivity index (χ2v) is 3.20. The number of halogens is 4. The van der Waals surface area contributed by atoms with Crippen molar-refractivity contribution in [2.24, 2.45) is 0 Å². The Morgan fingerprint density at radius 2 is 1.93 bits per heavy atom. The van der Waals surface area contributed by atoms with Crippen LogP contribution in [0.15, 0.2) is 18.5 Å². The molecule has 0 aliphatic carbocycles. The third-order valence-electron chi connectivity index (χ3n) is 1.52. The molecule has 1 rings (SSSR count). The van der Waals surface area contributed by atoms with Crippen LogP contribution in [0.3, 0.4) is 0 Å². The van der Waals surface area contributed by atoms with Gasteiger partial charge in [-0.3, -0.25) is 4.98 Å². The molecule has 1 nitrogen and oxygen atoms in total. The monoisotopic (exact) mass is 247 g/mol. The Balaban J connectivity index is 0.00000169. The zero-order valence-electron chi connectivity index (χ0n) is 7.68. The molecule has 72 valence electrons. The number of hydrogen-bond acceptors (Lipinski definition) is 1. The fourth-order valence-electron chi connectivity index (χ4n) is 0.923. The molecule has 0 aliphatic heterocycles. The van der Waals surface area contributed by atoms with Crippen LogP contribution < -0.4 is 51.4 Å². The smallest absolute Gasteiger partial charge is 0.449 e. The predicted molar refractivity (Wildman–Crippen MR) is 46.8 cm³/mol. The van der Waals surface area contributed by atoms with E-state index in [4.69, 9.17) is 11.6 Å². The Bertz CT molecular complexity index is 295. The van der Waals surface area contributed by atoms with E-state index in [-0.39, 0.29) is 57.8 Å². The van der Waals surface area contributed by atoms with Gasteiger partial charge >= 0.3 is 58.4 Å². The quantitative estimate of drug-likeness (QED) is 0.692. The van der Waals surface area contributed by atoms with Gasteiger partial charge in [0, 0.05) is 12.4 Å². The fourth-order valence-corrected chi connectivity index (χ4v) is 1.12. The molecular formula is C7H7BClF3KN. The Kier molecular flexibility index (Phi) is 6.93. The maximum Gasteiger partial charge on any atom is 1.00 e. The van der Waals surface area contributed by atoms with Gasteiger partial charge < -0.3 is 12.9 Å². The molecule has 1 aromatic heterocycles. The van der Waals surface area contributed by atoms with E-state index in [1.54, 1.807) is 0 Å². The largest absolute Gasteiger partial charge is 1.00 e. The Labute approximate surface area is 128 Å². The van der Waals surface area contributed by atoms with E-state index < -0.39 is 13.3 Å². The SMILES string of the molecule is F[B-](F)(F)CCc1cncc(Cl)c1.[K+]. The molecule has 0 N–H and O–H groups in total. The Hall–Kier alpha value is 0.931. The first-order valence-corrected chi connectivity index (χ1v) is 4.15. The molecule has 0 fully saturated rings. The normalized spacial score (nSPS) is 10.9. The average Bonchev–Trinajstić information content (AvgIpc) is 2.00. The molecule has 0 aliphatic rings. The van der Waals surface area contributed by atoms with Gasteiger partial charge in [-0.25, -0.2) is 0 Å². The third kappa shape index (κ3) is 6.42. The molecule has 0 aromatic carbocycles. The van der Waals surface area contributed by atoms with Crippen molar-refractivity contribution in [3.8, 4) is 0 Å². The van der Waals surface area contributed by atoms with E-state index in [9.17, 15) is 12.9 Å². The molecule has 0 radical (unpaired) electrons. The van der Waals surface area contributed by atoms with Crippen LogP contribution in [0.1, 0.15) is 5.56 Å². The molecule has 1 heterocycles. The summed E-state index contributed by atoms with van der Waals surface area (Å²) in [5, 5.41) is 0.368. The second kappa shape index (κ2) is 6.50. The first-order chi connectivity index (χ1) is 5.97. The van der Waals surface area contributed by atoms with Crippen molar-refractivity contribution in [3.63, 3.8) is 0 Å². The summed E-state index contributed by atoms with van der Waals surface area (Å²) in [6.45, 7) is -4.71. The number of aryl methyl sites for hydroxylation is 1. The van der Waals surface area contributed by atoms with Gasteiger partial charge in [-0.15, -0.1) is 0 Å². The first kappa shape index (κ1) is 14.9. The minimum atomic E-state index is -4.71. The van der Waals surface area contributed by atoms with Gasteiger partial charge in [-0.05, 0) is 11.6 Å². The summed E-state index contributed by atoms with van der Waals surface area (Å²) in [5.74, 6) is 0. The van der Waals surface area contributed by atoms with E-state index in [1.165, 1.54) is 18.5 Å². The van der Waals surface area contributed by atoms with Crippen LogP contribution in [-0.2, 0) is 6.42 Å². The van der Waals surface area contributed by atoms with Crippen LogP contribution in [0.2, 0.25) is 11.3 Å². The maximum atomic E-state index is 11.9. The standard InChI is InChI=1S/C7H7BClF3N.K/c9-7-3-6(4-13-5-7)1-2-8(10,11)12;/h3-5H,1-2H2;/q-1;+1. The van der Waals surface area contributed by atoms with Crippen molar-refractivity contribution >= 4 is 18.6 Å². The molecule has 0 unspecified atom stereocenters. The Morgan fingerprint density at radius 3 is 2.43 bits per heavy atom. The van der Waals surface area contributed by atoms with Gasteiger partial charge in [0.15, 0.2) is 0 Å². The molecule has 0 bridgehead atoms. The second-order valence-electron chi connectivity index (χ2n) is 2.76. The van der Waals surface area contributed by atoms with Crippen molar-refractivity contribution in [1.29, 1.82) is 0 Å². The number of hydrogen-bond donors (Lipinski definition) is 0. The van der Waals surface area contributed by atoms with E-state index in [0.717, 1.165) is 0 Å². The van der Waals surface area contributed by atoms with Crippen LogP contribution >= 0.6 is 11.6 Å². The summed E-state index contributed by atoms with van der Waals surface area (Å²) in [5.41, 5.74) is 0.520. The molecule has 0 atom stereocenters. The van der Waals surface area contributed by atoms with E-state index in [0.29, 0.717) is 10.6 Å². The van der Waals surface area contributed by atoms with Crippen molar-refractivity contribution in [1.82, 2.24) is 4.98 Å². The first-order valence-electron chi connectivity index (χ1n) is 3.78. The molecule has 0 saturated carbocycles. The van der Waals surface area contributed by atoms with E-state index in [1.807, 2.05) is 0 Å². The minimum Gasteiger partial charge on any atom is -0.449 e. The zero-order chi connectivity index (χ0) is 9.90. The predicted octanol–water partition coefficient (Wildman–Crippen LogP) is 0.129. The number of nitrogens with zero attached hydrogens (tertiary/aromatic N) is 1. The minimum absolute atomic E-state index is 0. The summed E-state index contributed by atoms with van der Waals surface area (Å²) >= 11 is 5.56. The molecule has 14 heavy (non-hydrogen) atoms. The van der Waals surface area contributed by atoms with E-state index >= 15 is 0 Å². The average molecular weight is 247 g/mol. The van der Waals surface area contributed by atoms with Crippen molar-refractivity contribution in [2.75, 3.05) is 0 Å². The molecule has 0 amide bonds. The van der Waals surface area contributed by atoms with Crippen LogP contribution in [0, 0.1) is 0 Å². The van der Waals surface area contributed by atoms with Crippen LogP contribution in [0.5, 0.6) is 0 Å². The summed E-state index contributed by atoms with van der Waals surface area (Å²) in [6, 6.07) is 1.50. The molecule has 0 spiro atoms. The van der Waals surface area contributed by atoms with Crippen LogP contribution in [-0.4, -0.2) is 12.0 Å². The number of pyridine rings is 1. The number of aromatic nitrogens is 1. The summed E-state index contributed by atoms with van der Waals surface area (Å²) in [6.07, 6.45) is 1.97. The molecule has 7 heteroatoms. The van der Waals surface area contributed by atoms with Crippen LogP contribution in [0.4, 0.5) is 12.9 Å². The summed E-state index contributed by atoms with van der Waals surface area (Å²) < 4.78 is 35.6. The topological polar surface area (TPSA) is 12.9 Å². The van der Waals surface area contributed by atoms with Gasteiger partial charge in [-0.1, -0.05) is 24.3 Å². The van der Waals surface area contributed by atoms with Crippen LogP contribution in [0.25, 0.3) is 0 Å². The van der Waals surface area contributed by atoms with Gasteiger partial charge in [0.25, 0.3) is 0 Å². The summed E-state index contributed by atoms with van der Waals surface area (Å²) in [4.78, 5) is 3.69. The van der Waals surface area contributed by atoms with Gasteiger partial charge in [-0.2, -0.15) is 0 Å². The molecule has 1 aromatic rings. The maximum absolute atomic E-state index is 11.9. The van der Waals surface area contributed by atoms with Gasteiger partial charge in [0.1, 0.15) is 0 Å². The van der Waals surface area contributed by atoms with Crippen molar-refractivity contribution < 1.29 is 64.3 Å². The third-order valence-corrected chi connectivity index (χ3v) is 1.73. The summed E-state index contributed by atoms with van der Waals surface area (Å²) in [7, 11) is 0. The zero-order valence-corrected chi connectivity index (χ0v) is 11.6. The van der Waals surface area contributed by atoms with Crippen molar-refractivity contribution in [3.05, 3.63) is 29.0 Å². The van der Waals surface area contributed by atoms with Crippen molar-refractivity contribution in [2.45, 2.75) is 12.7 Å². The molecule has 0 saturated heterocycles. The molecular weight excluding hydrogens is 240 g/mol. The number of rotatable bonds is 3. The van der Waals surface area contributed by atoms with Gasteiger partial charge in [0.2, 0.25) is 0 Å². The van der Waals surface area contributed by atoms with Gasteiger partial charge in [0.05, 0.1) is 5.02 Å². The van der Waals surface area contributed by atoms with E-state index in [2.05, 4.69) is 4.98 Å². The Morgan fingerprint density at radius 1 is 1.29 bits per heavy atom.